The number of aryl methyl sites for hydroxylation is 1. The molecule has 5 aromatic rings. The topological polar surface area (TPSA) is 87.7 Å². The molecule has 0 fully saturated rings. The predicted molar refractivity (Wildman–Crippen MR) is 188 cm³/mol. The van der Waals surface area contributed by atoms with Crippen molar-refractivity contribution < 1.29 is 14.3 Å². The van der Waals surface area contributed by atoms with E-state index in [9.17, 15) is 9.59 Å². The summed E-state index contributed by atoms with van der Waals surface area (Å²) in [5.74, 6) is 0.341. The highest BCUT2D eigenvalue weighted by atomic mass is 32.2. The van der Waals surface area contributed by atoms with Crippen LogP contribution < -0.4 is 19.6 Å². The number of rotatable bonds is 9. The maximum atomic E-state index is 14.4. The van der Waals surface area contributed by atoms with Gasteiger partial charge in [0, 0.05) is 22.2 Å². The van der Waals surface area contributed by atoms with E-state index in [1.807, 2.05) is 118 Å². The Morgan fingerprint density at radius 1 is 1.06 bits per heavy atom. The Hall–Kier alpha value is -4.67. The number of thioether (sulfide) groups is 1. The molecule has 2 aromatic heterocycles. The van der Waals surface area contributed by atoms with Gasteiger partial charge >= 0.3 is 5.97 Å². The van der Waals surface area contributed by atoms with E-state index in [1.165, 1.54) is 11.3 Å². The first-order chi connectivity index (χ1) is 22.7. The zero-order valence-corrected chi connectivity index (χ0v) is 28.8. The van der Waals surface area contributed by atoms with Crippen molar-refractivity contribution in [2.45, 2.75) is 51.7 Å². The second-order valence-electron chi connectivity index (χ2n) is 11.4. The van der Waals surface area contributed by atoms with Crippen molar-refractivity contribution in [2.24, 2.45) is 4.99 Å². The van der Waals surface area contributed by atoms with Gasteiger partial charge in [-0.05, 0) is 101 Å². The summed E-state index contributed by atoms with van der Waals surface area (Å²) >= 11 is 2.93. The molecular weight excluding hydrogens is 629 g/mol. The van der Waals surface area contributed by atoms with Crippen LogP contribution in [0.15, 0.2) is 105 Å². The summed E-state index contributed by atoms with van der Waals surface area (Å²) in [6.07, 6.45) is 5.49. The highest BCUT2D eigenvalue weighted by Gasteiger charge is 2.34. The molecule has 1 unspecified atom stereocenters. The van der Waals surface area contributed by atoms with Crippen LogP contribution >= 0.6 is 23.1 Å². The van der Waals surface area contributed by atoms with Crippen LogP contribution in [-0.2, 0) is 9.53 Å². The summed E-state index contributed by atoms with van der Waals surface area (Å²) in [7, 11) is 0. The molecule has 0 N–H and O–H groups in total. The molecule has 0 aliphatic carbocycles. The van der Waals surface area contributed by atoms with Crippen molar-refractivity contribution in [1.29, 1.82) is 0 Å². The molecule has 3 aromatic carbocycles. The fourth-order valence-corrected chi connectivity index (χ4v) is 7.09. The maximum Gasteiger partial charge on any atom is 0.338 e. The molecule has 1 aliphatic rings. The summed E-state index contributed by atoms with van der Waals surface area (Å²) in [5.41, 5.74) is 5.76. The average Bonchev–Trinajstić information content (AvgIpc) is 3.62. The second-order valence-corrected chi connectivity index (χ2v) is 13.3. The lowest BCUT2D eigenvalue weighted by molar-refractivity contribution is -0.143. The number of esters is 1. The first-order valence-electron chi connectivity index (χ1n) is 15.4. The van der Waals surface area contributed by atoms with Crippen LogP contribution in [0.4, 0.5) is 0 Å². The lowest BCUT2D eigenvalue weighted by atomic mass is 9.96. The first kappa shape index (κ1) is 32.3. The summed E-state index contributed by atoms with van der Waals surface area (Å²) in [6, 6.07) is 23.1. The van der Waals surface area contributed by atoms with Gasteiger partial charge in [-0.15, -0.1) is 11.8 Å². The van der Waals surface area contributed by atoms with Crippen LogP contribution in [0, 0.1) is 6.92 Å². The second kappa shape index (κ2) is 13.6. The normalized spacial score (nSPS) is 14.7. The van der Waals surface area contributed by atoms with Gasteiger partial charge in [-0.2, -0.15) is 5.10 Å². The number of nitrogens with zero attached hydrogens (tertiary/aromatic N) is 4. The number of carbonyl (C=O) groups is 1. The Morgan fingerprint density at radius 2 is 1.81 bits per heavy atom. The van der Waals surface area contributed by atoms with E-state index in [2.05, 4.69) is 6.07 Å². The van der Waals surface area contributed by atoms with Crippen LogP contribution in [0.3, 0.4) is 0 Å². The van der Waals surface area contributed by atoms with Crippen molar-refractivity contribution in [3.63, 3.8) is 0 Å². The third kappa shape index (κ3) is 6.48. The SMILES string of the molecule is CCOc1ccc(-c2nn(-c3ccccc3)cc2C=c2sc3n(c2=O)C(c2ccc(SC)cc2)C(C(=O)OC(C)C)=C(C)N=3)cc1C. The average molecular weight is 665 g/mol. The number of benzene rings is 3. The van der Waals surface area contributed by atoms with E-state index in [4.69, 9.17) is 19.6 Å². The van der Waals surface area contributed by atoms with Crippen molar-refractivity contribution >= 4 is 35.1 Å². The van der Waals surface area contributed by atoms with Gasteiger partial charge in [0.1, 0.15) is 11.4 Å². The molecule has 1 atom stereocenters. The molecule has 8 nitrogen and oxygen atoms in total. The molecule has 10 heteroatoms. The number of hydrogen-bond donors (Lipinski definition) is 0. The maximum absolute atomic E-state index is 14.4. The van der Waals surface area contributed by atoms with Gasteiger partial charge in [-0.3, -0.25) is 9.36 Å². The fourth-order valence-electron chi connectivity index (χ4n) is 5.65. The van der Waals surface area contributed by atoms with E-state index in [1.54, 1.807) is 23.3 Å². The molecule has 6 rings (SSSR count). The van der Waals surface area contributed by atoms with E-state index < -0.39 is 12.0 Å². The molecule has 0 saturated heterocycles. The number of hydrogen-bond acceptors (Lipinski definition) is 8. The Labute approximate surface area is 281 Å². The monoisotopic (exact) mass is 664 g/mol. The Balaban J connectivity index is 1.54. The predicted octanol–water partition coefficient (Wildman–Crippen LogP) is 6.47. The number of ether oxygens (including phenoxy) is 2. The summed E-state index contributed by atoms with van der Waals surface area (Å²) in [5, 5.41) is 4.97. The third-order valence-electron chi connectivity index (χ3n) is 7.81. The zero-order chi connectivity index (χ0) is 33.2. The lowest BCUT2D eigenvalue weighted by Crippen LogP contribution is -2.40. The smallest absolute Gasteiger partial charge is 0.338 e. The number of allylic oxidation sites excluding steroid dienone is 1. The van der Waals surface area contributed by atoms with Crippen molar-refractivity contribution in [1.82, 2.24) is 14.3 Å². The van der Waals surface area contributed by atoms with Gasteiger partial charge in [-0.25, -0.2) is 14.5 Å². The summed E-state index contributed by atoms with van der Waals surface area (Å²) < 4.78 is 15.4. The van der Waals surface area contributed by atoms with E-state index in [0.717, 1.165) is 44.3 Å². The summed E-state index contributed by atoms with van der Waals surface area (Å²) in [4.78, 5) is 34.2. The van der Waals surface area contributed by atoms with Gasteiger partial charge < -0.3 is 9.47 Å². The Kier molecular flexibility index (Phi) is 9.33. The van der Waals surface area contributed by atoms with Crippen LogP contribution in [0.1, 0.15) is 50.4 Å². The molecule has 3 heterocycles. The Morgan fingerprint density at radius 3 is 2.47 bits per heavy atom. The zero-order valence-electron chi connectivity index (χ0n) is 27.2. The van der Waals surface area contributed by atoms with Crippen LogP contribution in [0.5, 0.6) is 5.75 Å². The molecule has 1 aliphatic heterocycles. The minimum atomic E-state index is -0.684. The first-order valence-corrected chi connectivity index (χ1v) is 17.5. The molecule has 0 bridgehead atoms. The van der Waals surface area contributed by atoms with Gasteiger partial charge in [0.2, 0.25) is 0 Å². The van der Waals surface area contributed by atoms with Gasteiger partial charge in [0.25, 0.3) is 5.56 Å². The lowest BCUT2D eigenvalue weighted by Gasteiger charge is -2.25. The van der Waals surface area contributed by atoms with Gasteiger partial charge in [0.15, 0.2) is 4.80 Å². The minimum absolute atomic E-state index is 0.240. The molecule has 0 saturated carbocycles. The minimum Gasteiger partial charge on any atom is -0.494 e. The van der Waals surface area contributed by atoms with Gasteiger partial charge in [0.05, 0.1) is 40.2 Å². The molecule has 0 radical (unpaired) electrons. The number of para-hydroxylation sites is 1. The fraction of sp³-hybridized carbons (Fsp3) is 0.243. The molecular formula is C37H36N4O4S2. The van der Waals surface area contributed by atoms with Crippen molar-refractivity contribution in [3.8, 4) is 22.7 Å². The van der Waals surface area contributed by atoms with E-state index in [0.29, 0.717) is 27.2 Å². The third-order valence-corrected chi connectivity index (χ3v) is 9.54. The van der Waals surface area contributed by atoms with Crippen molar-refractivity contribution in [3.05, 3.63) is 127 Å². The number of aromatic nitrogens is 3. The molecule has 0 spiro atoms. The number of fused-ring (bicyclic) bond motifs is 1. The highest BCUT2D eigenvalue weighted by molar-refractivity contribution is 7.98. The van der Waals surface area contributed by atoms with Crippen LogP contribution in [-0.4, -0.2) is 39.3 Å². The van der Waals surface area contributed by atoms with Crippen LogP contribution in [0.25, 0.3) is 23.0 Å². The van der Waals surface area contributed by atoms with E-state index >= 15 is 0 Å². The molecule has 47 heavy (non-hydrogen) atoms. The van der Waals surface area contributed by atoms with Crippen LogP contribution in [0.2, 0.25) is 0 Å². The Bertz CT molecular complexity index is 2160. The van der Waals surface area contributed by atoms with Crippen molar-refractivity contribution in [2.75, 3.05) is 12.9 Å². The molecule has 240 valence electrons. The summed E-state index contributed by atoms with van der Waals surface area (Å²) in [6.45, 7) is 9.97. The number of thiazole rings is 1. The molecule has 0 amide bonds. The number of carbonyl (C=O) groups excluding carboxylic acids is 1. The quantitative estimate of drug-likeness (QED) is 0.133. The standard InChI is InChI=1S/C37H36N4O4S2/c1-7-44-30-18-15-26(19-23(30)4)33-27(21-40(39-33)28-11-9-8-10-12-28)20-31-35(42)41-34(25-13-16-29(46-6)17-14-25)32(36(43)45-22(2)3)24(5)38-37(41)47-31/h8-22,34H,7H2,1-6H3. The van der Waals surface area contributed by atoms with E-state index in [-0.39, 0.29) is 11.7 Å². The van der Waals surface area contributed by atoms with Gasteiger partial charge in [-0.1, -0.05) is 41.7 Å². The highest BCUT2D eigenvalue weighted by Crippen LogP contribution is 2.33. The largest absolute Gasteiger partial charge is 0.494 e.